The van der Waals surface area contributed by atoms with E-state index in [1.54, 1.807) is 12.3 Å². The van der Waals surface area contributed by atoms with Crippen LogP contribution < -0.4 is 5.56 Å². The molecule has 0 unspecified atom stereocenters. The van der Waals surface area contributed by atoms with Crippen LogP contribution in [0, 0.1) is 0 Å². The third kappa shape index (κ3) is 2.03. The van der Waals surface area contributed by atoms with E-state index in [0.29, 0.717) is 0 Å². The minimum absolute atomic E-state index is 0.0231. The van der Waals surface area contributed by atoms with Gasteiger partial charge in [0, 0.05) is 11.8 Å². The second-order valence-corrected chi connectivity index (χ2v) is 4.84. The maximum absolute atomic E-state index is 12.0. The molecule has 0 N–H and O–H groups in total. The van der Waals surface area contributed by atoms with Crippen molar-refractivity contribution in [2.24, 2.45) is 0 Å². The van der Waals surface area contributed by atoms with Crippen LogP contribution in [-0.4, -0.2) is 9.78 Å². The molecule has 0 fully saturated rings. The number of hydrogen-bond acceptors (Lipinski definition) is 2. The van der Waals surface area contributed by atoms with Crippen LogP contribution in [-0.2, 0) is 5.41 Å². The molecule has 0 aliphatic heterocycles. The Hall–Kier alpha value is -1.12. The van der Waals surface area contributed by atoms with Gasteiger partial charge in [0.2, 0.25) is 0 Å². The van der Waals surface area contributed by atoms with Gasteiger partial charge in [-0.3, -0.25) is 4.79 Å². The van der Waals surface area contributed by atoms with Gasteiger partial charge in [0.1, 0.15) is 0 Å². The van der Waals surface area contributed by atoms with Gasteiger partial charge in [0.25, 0.3) is 5.56 Å². The largest absolute Gasteiger partial charge is 0.270 e. The molecule has 3 nitrogen and oxygen atoms in total. The van der Waals surface area contributed by atoms with Crippen LogP contribution in [0.5, 0.6) is 0 Å². The Kier molecular flexibility index (Phi) is 2.79. The lowest BCUT2D eigenvalue weighted by atomic mass is 9.88. The Balaban J connectivity index is 3.36. The summed E-state index contributed by atoms with van der Waals surface area (Å²) < 4.78 is 1.53. The molecule has 0 radical (unpaired) electrons. The van der Waals surface area contributed by atoms with Crippen LogP contribution in [0.25, 0.3) is 0 Å². The van der Waals surface area contributed by atoms with Crippen molar-refractivity contribution >= 4 is 0 Å². The highest BCUT2D eigenvalue weighted by Gasteiger charge is 2.19. The number of nitrogens with zero attached hydrogens (tertiary/aromatic N) is 2. The van der Waals surface area contributed by atoms with Crippen molar-refractivity contribution in [1.82, 2.24) is 9.78 Å². The summed E-state index contributed by atoms with van der Waals surface area (Å²) in [6.07, 6.45) is 1.70. The van der Waals surface area contributed by atoms with E-state index in [2.05, 4.69) is 5.10 Å². The van der Waals surface area contributed by atoms with Crippen molar-refractivity contribution < 1.29 is 0 Å². The summed E-state index contributed by atoms with van der Waals surface area (Å²) in [4.78, 5) is 12.0. The van der Waals surface area contributed by atoms with E-state index < -0.39 is 0 Å². The molecule has 0 aliphatic rings. The summed E-state index contributed by atoms with van der Waals surface area (Å²) in [5.41, 5.74) is 0.729. The molecule has 3 heteroatoms. The van der Waals surface area contributed by atoms with Gasteiger partial charge in [-0.25, -0.2) is 4.68 Å². The number of hydrogen-bond donors (Lipinski definition) is 0. The van der Waals surface area contributed by atoms with Gasteiger partial charge in [-0.1, -0.05) is 20.8 Å². The maximum Gasteiger partial charge on any atom is 0.270 e. The molecule has 0 aliphatic carbocycles. The minimum atomic E-state index is -0.114. The first-order chi connectivity index (χ1) is 6.34. The summed E-state index contributed by atoms with van der Waals surface area (Å²) in [7, 11) is 0. The average molecular weight is 194 g/mol. The predicted octanol–water partition coefficient (Wildman–Crippen LogP) is 2.12. The molecule has 1 heterocycles. The zero-order valence-electron chi connectivity index (χ0n) is 9.53. The highest BCUT2D eigenvalue weighted by atomic mass is 16.1. The Bertz CT molecular complexity index is 372. The standard InChI is InChI=1S/C11H18N2O/c1-8(2)13-10(14)9(6-7-12-13)11(3,4)5/h6-8H,1-5H3. The Labute approximate surface area is 84.8 Å². The molecule has 14 heavy (non-hydrogen) atoms. The molecule has 0 aromatic carbocycles. The molecule has 0 saturated heterocycles. The smallest absolute Gasteiger partial charge is 0.267 e. The quantitative estimate of drug-likeness (QED) is 0.686. The predicted molar refractivity (Wildman–Crippen MR) is 57.6 cm³/mol. The van der Waals surface area contributed by atoms with Gasteiger partial charge in [0.15, 0.2) is 0 Å². The van der Waals surface area contributed by atoms with E-state index >= 15 is 0 Å². The first-order valence-electron chi connectivity index (χ1n) is 4.92. The van der Waals surface area contributed by atoms with Crippen LogP contribution in [0.1, 0.15) is 46.2 Å². The van der Waals surface area contributed by atoms with Crippen molar-refractivity contribution in [3.8, 4) is 0 Å². The zero-order chi connectivity index (χ0) is 10.9. The van der Waals surface area contributed by atoms with E-state index in [1.807, 2.05) is 34.6 Å². The second kappa shape index (κ2) is 3.56. The number of rotatable bonds is 1. The fourth-order valence-corrected chi connectivity index (χ4v) is 1.37. The molecule has 0 amide bonds. The Morgan fingerprint density at radius 1 is 1.36 bits per heavy atom. The van der Waals surface area contributed by atoms with Crippen LogP contribution in [0.15, 0.2) is 17.1 Å². The van der Waals surface area contributed by atoms with E-state index in [0.717, 1.165) is 5.56 Å². The van der Waals surface area contributed by atoms with Gasteiger partial charge in [-0.05, 0) is 25.3 Å². The molecule has 78 valence electrons. The Morgan fingerprint density at radius 2 is 1.93 bits per heavy atom. The van der Waals surface area contributed by atoms with Gasteiger partial charge in [0.05, 0.1) is 6.04 Å². The van der Waals surface area contributed by atoms with Gasteiger partial charge in [-0.2, -0.15) is 5.10 Å². The third-order valence-electron chi connectivity index (χ3n) is 2.17. The van der Waals surface area contributed by atoms with Crippen LogP contribution in [0.4, 0.5) is 0 Å². The molecule has 0 saturated carbocycles. The summed E-state index contributed by atoms with van der Waals surface area (Å²) >= 11 is 0. The first-order valence-corrected chi connectivity index (χ1v) is 4.92. The number of aromatic nitrogens is 2. The van der Waals surface area contributed by atoms with Crippen LogP contribution >= 0.6 is 0 Å². The molecule has 0 spiro atoms. The van der Waals surface area contributed by atoms with Crippen molar-refractivity contribution in [3.63, 3.8) is 0 Å². The average Bonchev–Trinajstić information content (AvgIpc) is 2.01. The second-order valence-electron chi connectivity index (χ2n) is 4.84. The van der Waals surface area contributed by atoms with Crippen molar-refractivity contribution in [1.29, 1.82) is 0 Å². The van der Waals surface area contributed by atoms with E-state index in [9.17, 15) is 4.79 Å². The molecule has 1 aromatic rings. The summed E-state index contributed by atoms with van der Waals surface area (Å²) in [5, 5.41) is 4.06. The minimum Gasteiger partial charge on any atom is -0.267 e. The maximum atomic E-state index is 12.0. The lowest BCUT2D eigenvalue weighted by Gasteiger charge is -2.19. The monoisotopic (exact) mass is 194 g/mol. The fraction of sp³-hybridized carbons (Fsp3) is 0.636. The van der Waals surface area contributed by atoms with Gasteiger partial charge in [-0.15, -0.1) is 0 Å². The van der Waals surface area contributed by atoms with Crippen LogP contribution in [0.2, 0.25) is 0 Å². The fourth-order valence-electron chi connectivity index (χ4n) is 1.37. The third-order valence-corrected chi connectivity index (χ3v) is 2.17. The van der Waals surface area contributed by atoms with Crippen LogP contribution in [0.3, 0.4) is 0 Å². The van der Waals surface area contributed by atoms with E-state index in [1.165, 1.54) is 4.68 Å². The highest BCUT2D eigenvalue weighted by molar-refractivity contribution is 5.17. The van der Waals surface area contributed by atoms with E-state index in [-0.39, 0.29) is 17.0 Å². The van der Waals surface area contributed by atoms with Gasteiger partial charge < -0.3 is 0 Å². The molecule has 1 aromatic heterocycles. The molecular weight excluding hydrogens is 176 g/mol. The van der Waals surface area contributed by atoms with Crippen molar-refractivity contribution in [2.45, 2.75) is 46.1 Å². The highest BCUT2D eigenvalue weighted by Crippen LogP contribution is 2.17. The molecule has 0 atom stereocenters. The summed E-state index contributed by atoms with van der Waals surface area (Å²) in [6, 6.07) is 1.92. The van der Waals surface area contributed by atoms with Crippen molar-refractivity contribution in [2.75, 3.05) is 0 Å². The zero-order valence-corrected chi connectivity index (χ0v) is 9.53. The van der Waals surface area contributed by atoms with Gasteiger partial charge >= 0.3 is 0 Å². The summed E-state index contributed by atoms with van der Waals surface area (Å²) in [5.74, 6) is 0. The molecule has 0 bridgehead atoms. The lowest BCUT2D eigenvalue weighted by molar-refractivity contribution is 0.478. The SMILES string of the molecule is CC(C)n1nccc(C(C)(C)C)c1=O. The normalized spacial score (nSPS) is 12.1. The molecular formula is C11H18N2O. The van der Waals surface area contributed by atoms with Crippen molar-refractivity contribution in [3.05, 3.63) is 28.2 Å². The Morgan fingerprint density at radius 3 is 2.36 bits per heavy atom. The lowest BCUT2D eigenvalue weighted by Crippen LogP contribution is -2.32. The first kappa shape index (κ1) is 11.0. The topological polar surface area (TPSA) is 34.9 Å². The summed E-state index contributed by atoms with van der Waals surface area (Å²) in [6.45, 7) is 10.0. The molecule has 1 rings (SSSR count). The van der Waals surface area contributed by atoms with E-state index in [4.69, 9.17) is 0 Å².